The molecule has 1 fully saturated rings. The molecule has 1 saturated heterocycles. The third kappa shape index (κ3) is 5.43. The van der Waals surface area contributed by atoms with Gasteiger partial charge in [0.05, 0.1) is 11.3 Å². The average molecular weight is 383 g/mol. The third-order valence-electron chi connectivity index (χ3n) is 4.50. The van der Waals surface area contributed by atoms with E-state index in [9.17, 15) is 18.0 Å². The van der Waals surface area contributed by atoms with Crippen LogP contribution in [0, 0.1) is 5.92 Å². The van der Waals surface area contributed by atoms with E-state index < -0.39 is 16.0 Å². The summed E-state index contributed by atoms with van der Waals surface area (Å²) in [6, 6.07) is 8.06. The van der Waals surface area contributed by atoms with Gasteiger partial charge in [-0.2, -0.15) is 4.31 Å². The topological polar surface area (TPSA) is 107 Å². The van der Waals surface area contributed by atoms with Crippen LogP contribution in [0.25, 0.3) is 0 Å². The Labute approximate surface area is 153 Å². The molecule has 1 heterocycles. The number of rotatable bonds is 7. The number of carbonyl (C=O) groups is 2. The number of carbonyl (C=O) groups excluding carboxylic acids is 1. The molecule has 0 bridgehead atoms. The molecule has 0 aromatic heterocycles. The van der Waals surface area contributed by atoms with E-state index in [2.05, 4.69) is 5.32 Å². The third-order valence-corrected chi connectivity index (χ3v) is 6.42. The van der Waals surface area contributed by atoms with E-state index in [1.807, 2.05) is 0 Å². The van der Waals surface area contributed by atoms with Gasteiger partial charge in [-0.3, -0.25) is 4.79 Å². The zero-order chi connectivity index (χ0) is 19.2. The van der Waals surface area contributed by atoms with Crippen LogP contribution in [0.3, 0.4) is 0 Å². The number of aliphatic carboxylic acids is 1. The van der Waals surface area contributed by atoms with Gasteiger partial charge >= 0.3 is 12.0 Å². The lowest BCUT2D eigenvalue weighted by atomic mass is 9.98. The molecular formula is C17H25N3O5S. The predicted molar refractivity (Wildman–Crippen MR) is 96.2 cm³/mol. The minimum Gasteiger partial charge on any atom is -0.481 e. The number of piperidine rings is 1. The minimum atomic E-state index is -3.46. The van der Waals surface area contributed by atoms with Gasteiger partial charge in [0.2, 0.25) is 10.0 Å². The van der Waals surface area contributed by atoms with Crippen LogP contribution in [-0.4, -0.2) is 68.0 Å². The summed E-state index contributed by atoms with van der Waals surface area (Å²) in [6.45, 7) is 1.45. The number of carboxylic acid groups (broad SMARTS) is 1. The van der Waals surface area contributed by atoms with Gasteiger partial charge in [0.15, 0.2) is 0 Å². The van der Waals surface area contributed by atoms with E-state index in [1.54, 1.807) is 37.4 Å². The van der Waals surface area contributed by atoms with Crippen LogP contribution in [-0.2, 0) is 14.8 Å². The smallest absolute Gasteiger partial charge is 0.317 e. The van der Waals surface area contributed by atoms with Gasteiger partial charge < -0.3 is 15.3 Å². The molecule has 8 nitrogen and oxygen atoms in total. The van der Waals surface area contributed by atoms with Crippen molar-refractivity contribution in [1.29, 1.82) is 0 Å². The molecule has 0 unspecified atom stereocenters. The number of benzene rings is 1. The number of nitrogens with zero attached hydrogens (tertiary/aromatic N) is 2. The van der Waals surface area contributed by atoms with E-state index in [0.29, 0.717) is 37.4 Å². The molecule has 1 aliphatic heterocycles. The van der Waals surface area contributed by atoms with E-state index in [-0.39, 0.29) is 24.9 Å². The van der Waals surface area contributed by atoms with Crippen LogP contribution in [0.5, 0.6) is 0 Å². The quantitative estimate of drug-likeness (QED) is 0.736. The summed E-state index contributed by atoms with van der Waals surface area (Å²) in [5.41, 5.74) is 0. The fourth-order valence-electron chi connectivity index (χ4n) is 2.83. The van der Waals surface area contributed by atoms with Crippen molar-refractivity contribution in [2.75, 3.05) is 33.2 Å². The summed E-state index contributed by atoms with van der Waals surface area (Å²) >= 11 is 0. The van der Waals surface area contributed by atoms with Crippen molar-refractivity contribution < 1.29 is 23.1 Å². The highest BCUT2D eigenvalue weighted by Gasteiger charge is 2.29. The highest BCUT2D eigenvalue weighted by molar-refractivity contribution is 7.89. The van der Waals surface area contributed by atoms with Crippen LogP contribution in [0.4, 0.5) is 4.79 Å². The van der Waals surface area contributed by atoms with Crippen LogP contribution >= 0.6 is 0 Å². The SMILES string of the molecule is CN(CCC(=O)O)C(=O)NCC1CCN(S(=O)(=O)c2ccccc2)CC1. The number of hydrogen-bond donors (Lipinski definition) is 2. The molecule has 0 radical (unpaired) electrons. The predicted octanol–water partition coefficient (Wildman–Crippen LogP) is 1.20. The number of urea groups is 1. The molecular weight excluding hydrogens is 358 g/mol. The fraction of sp³-hybridized carbons (Fsp3) is 0.529. The van der Waals surface area contributed by atoms with Gasteiger partial charge in [-0.15, -0.1) is 0 Å². The standard InChI is InChI=1S/C17H25N3O5S/c1-19(10-9-16(21)22)17(23)18-13-14-7-11-20(12-8-14)26(24,25)15-5-3-2-4-6-15/h2-6,14H,7-13H2,1H3,(H,18,23)(H,21,22). The van der Waals surface area contributed by atoms with Crippen LogP contribution in [0.15, 0.2) is 35.2 Å². The first-order chi connectivity index (χ1) is 12.3. The van der Waals surface area contributed by atoms with Crippen molar-refractivity contribution in [2.24, 2.45) is 5.92 Å². The Balaban J connectivity index is 1.78. The van der Waals surface area contributed by atoms with Crippen molar-refractivity contribution in [3.63, 3.8) is 0 Å². The first-order valence-corrected chi connectivity index (χ1v) is 10.0. The molecule has 1 aliphatic rings. The highest BCUT2D eigenvalue weighted by Crippen LogP contribution is 2.23. The molecule has 1 aromatic rings. The molecule has 0 saturated carbocycles. The molecule has 9 heteroatoms. The second kappa shape index (κ2) is 9.00. The number of nitrogens with one attached hydrogen (secondary N) is 1. The lowest BCUT2D eigenvalue weighted by molar-refractivity contribution is -0.137. The first kappa shape index (κ1) is 20.2. The van der Waals surface area contributed by atoms with Crippen molar-refractivity contribution in [3.05, 3.63) is 30.3 Å². The van der Waals surface area contributed by atoms with Crippen molar-refractivity contribution in [1.82, 2.24) is 14.5 Å². The van der Waals surface area contributed by atoms with Crippen molar-refractivity contribution >= 4 is 22.0 Å². The Hall–Kier alpha value is -2.13. The largest absolute Gasteiger partial charge is 0.481 e. The maximum absolute atomic E-state index is 12.6. The zero-order valence-corrected chi connectivity index (χ0v) is 15.6. The summed E-state index contributed by atoms with van der Waals surface area (Å²) in [4.78, 5) is 24.1. The maximum atomic E-state index is 12.6. The Kier molecular flexibility index (Phi) is 6.98. The molecule has 0 atom stereocenters. The van der Waals surface area contributed by atoms with E-state index in [0.717, 1.165) is 0 Å². The van der Waals surface area contributed by atoms with Gasteiger partial charge in [0.25, 0.3) is 0 Å². The summed E-state index contributed by atoms with van der Waals surface area (Å²) in [5.74, 6) is -0.745. The second-order valence-electron chi connectivity index (χ2n) is 6.41. The molecule has 2 N–H and O–H groups in total. The Morgan fingerprint density at radius 3 is 2.42 bits per heavy atom. The lowest BCUT2D eigenvalue weighted by Gasteiger charge is -2.31. The molecule has 0 spiro atoms. The van der Waals surface area contributed by atoms with E-state index in [4.69, 9.17) is 5.11 Å². The minimum absolute atomic E-state index is 0.0976. The van der Waals surface area contributed by atoms with Gasteiger partial charge in [-0.1, -0.05) is 18.2 Å². The van der Waals surface area contributed by atoms with Crippen LogP contribution in [0.1, 0.15) is 19.3 Å². The Bertz CT molecular complexity index is 715. The molecule has 0 aliphatic carbocycles. The summed E-state index contributed by atoms with van der Waals surface area (Å²) < 4.78 is 26.6. The molecule has 144 valence electrons. The number of amides is 2. The Morgan fingerprint density at radius 1 is 1.23 bits per heavy atom. The lowest BCUT2D eigenvalue weighted by Crippen LogP contribution is -2.44. The normalized spacial score (nSPS) is 16.2. The highest BCUT2D eigenvalue weighted by atomic mass is 32.2. The van der Waals surface area contributed by atoms with Gasteiger partial charge in [0.1, 0.15) is 0 Å². The summed E-state index contributed by atoms with van der Waals surface area (Å²) in [5, 5.41) is 11.4. The first-order valence-electron chi connectivity index (χ1n) is 8.56. The van der Waals surface area contributed by atoms with Crippen molar-refractivity contribution in [3.8, 4) is 0 Å². The molecule has 2 amide bonds. The monoisotopic (exact) mass is 383 g/mol. The molecule has 26 heavy (non-hydrogen) atoms. The van der Waals surface area contributed by atoms with E-state index in [1.165, 1.54) is 9.21 Å². The summed E-state index contributed by atoms with van der Waals surface area (Å²) in [6.07, 6.45) is 1.25. The average Bonchev–Trinajstić information content (AvgIpc) is 2.65. The molecule has 1 aromatic carbocycles. The van der Waals surface area contributed by atoms with Crippen molar-refractivity contribution in [2.45, 2.75) is 24.2 Å². The van der Waals surface area contributed by atoms with Gasteiger partial charge in [-0.25, -0.2) is 13.2 Å². The van der Waals surface area contributed by atoms with E-state index >= 15 is 0 Å². The molecule has 2 rings (SSSR count). The number of hydrogen-bond acceptors (Lipinski definition) is 4. The zero-order valence-electron chi connectivity index (χ0n) is 14.8. The second-order valence-corrected chi connectivity index (χ2v) is 8.35. The van der Waals surface area contributed by atoms with Crippen LogP contribution < -0.4 is 5.32 Å². The Morgan fingerprint density at radius 2 is 1.85 bits per heavy atom. The summed E-state index contributed by atoms with van der Waals surface area (Å²) in [7, 11) is -1.91. The van der Waals surface area contributed by atoms with Gasteiger partial charge in [0, 0.05) is 33.2 Å². The number of carboxylic acids is 1. The fourth-order valence-corrected chi connectivity index (χ4v) is 4.32. The van der Waals surface area contributed by atoms with Crippen LogP contribution in [0.2, 0.25) is 0 Å². The maximum Gasteiger partial charge on any atom is 0.317 e. The number of sulfonamides is 1. The van der Waals surface area contributed by atoms with Gasteiger partial charge in [-0.05, 0) is 30.9 Å².